The molecule has 156 valence electrons. The van der Waals surface area contributed by atoms with Gasteiger partial charge in [0.2, 0.25) is 17.6 Å². The smallest absolute Gasteiger partial charge is 0.251 e. The first-order chi connectivity index (χ1) is 14.3. The van der Waals surface area contributed by atoms with E-state index >= 15 is 0 Å². The van der Waals surface area contributed by atoms with Crippen molar-refractivity contribution in [1.29, 1.82) is 0 Å². The van der Waals surface area contributed by atoms with Gasteiger partial charge in [0.1, 0.15) is 5.75 Å². The van der Waals surface area contributed by atoms with Crippen LogP contribution in [0, 0.1) is 24.4 Å². The molecule has 0 unspecified atom stereocenters. The van der Waals surface area contributed by atoms with Crippen molar-refractivity contribution >= 4 is 17.5 Å². The maximum absolute atomic E-state index is 13.6. The molecule has 2 aromatic carbocycles. The van der Waals surface area contributed by atoms with Crippen molar-refractivity contribution in [1.82, 2.24) is 15.5 Å². The number of halogens is 3. The fourth-order valence-corrected chi connectivity index (χ4v) is 2.33. The van der Waals surface area contributed by atoms with E-state index in [-0.39, 0.29) is 12.2 Å². The number of amides is 2. The van der Waals surface area contributed by atoms with Crippen LogP contribution in [0.1, 0.15) is 22.1 Å². The number of rotatable bonds is 7. The molecule has 3 aromatic rings. The maximum Gasteiger partial charge on any atom is 0.251 e. The molecule has 2 N–H and O–H groups in total. The molecule has 0 bridgehead atoms. The van der Waals surface area contributed by atoms with E-state index in [1.807, 2.05) is 0 Å². The molecule has 0 atom stereocenters. The van der Waals surface area contributed by atoms with Gasteiger partial charge in [0, 0.05) is 12.5 Å². The number of hydrogen-bond acceptors (Lipinski definition) is 6. The quantitative estimate of drug-likeness (QED) is 0.570. The topological polar surface area (TPSA) is 106 Å². The van der Waals surface area contributed by atoms with Gasteiger partial charge in [-0.25, -0.2) is 13.2 Å². The lowest BCUT2D eigenvalue weighted by Gasteiger charge is -2.09. The van der Waals surface area contributed by atoms with Gasteiger partial charge in [-0.15, -0.1) is 0 Å². The van der Waals surface area contributed by atoms with Crippen molar-refractivity contribution in [2.45, 2.75) is 13.5 Å². The zero-order chi connectivity index (χ0) is 21.7. The molecule has 0 aliphatic rings. The fourth-order valence-electron chi connectivity index (χ4n) is 2.33. The van der Waals surface area contributed by atoms with Crippen LogP contribution >= 0.6 is 0 Å². The fraction of sp³-hybridized carbons (Fsp3) is 0.158. The molecular formula is C19H15F3N4O4. The molecule has 0 spiro atoms. The van der Waals surface area contributed by atoms with Crippen LogP contribution in [0.15, 0.2) is 40.9 Å². The number of benzene rings is 2. The summed E-state index contributed by atoms with van der Waals surface area (Å²) in [5, 5.41) is 8.07. The van der Waals surface area contributed by atoms with E-state index in [0.29, 0.717) is 23.5 Å². The number of aryl methyl sites for hydroxylation is 1. The highest BCUT2D eigenvalue weighted by atomic mass is 19.2. The average Bonchev–Trinajstić information content (AvgIpc) is 3.16. The van der Waals surface area contributed by atoms with Crippen LogP contribution in [0.2, 0.25) is 0 Å². The van der Waals surface area contributed by atoms with Gasteiger partial charge in [-0.2, -0.15) is 4.98 Å². The van der Waals surface area contributed by atoms with E-state index in [1.165, 1.54) is 12.1 Å². The molecule has 3 rings (SSSR count). The van der Waals surface area contributed by atoms with Gasteiger partial charge in [0.05, 0.1) is 12.2 Å². The van der Waals surface area contributed by atoms with Gasteiger partial charge in [0.15, 0.2) is 24.1 Å². The molecule has 0 saturated carbocycles. The standard InChI is InChI=1S/C19H15F3N4O4/c1-10-24-15(26-30-10)9-29-12-4-2-11(3-5-12)19(28)23-8-16(27)25-14-7-6-13(20)17(21)18(14)22/h2-7H,8-9H2,1H3,(H,23,28)(H,25,27). The summed E-state index contributed by atoms with van der Waals surface area (Å²) in [6.45, 7) is 1.23. The first-order valence-corrected chi connectivity index (χ1v) is 8.57. The predicted molar refractivity (Wildman–Crippen MR) is 97.1 cm³/mol. The summed E-state index contributed by atoms with van der Waals surface area (Å²) < 4.78 is 49.9. The minimum Gasteiger partial charge on any atom is -0.485 e. The predicted octanol–water partition coefficient (Wildman–Crippen LogP) is 2.74. The molecule has 2 amide bonds. The van der Waals surface area contributed by atoms with Crippen LogP contribution in [0.5, 0.6) is 5.75 Å². The number of carbonyl (C=O) groups is 2. The second-order valence-electron chi connectivity index (χ2n) is 6.00. The van der Waals surface area contributed by atoms with Crippen molar-refractivity contribution < 1.29 is 32.0 Å². The van der Waals surface area contributed by atoms with Crippen LogP contribution in [0.25, 0.3) is 0 Å². The summed E-state index contributed by atoms with van der Waals surface area (Å²) in [5.74, 6) is -4.75. The SMILES string of the molecule is Cc1nc(COc2ccc(C(=O)NCC(=O)Nc3ccc(F)c(F)c3F)cc2)no1. The number of nitrogens with one attached hydrogen (secondary N) is 2. The Labute approximate surface area is 168 Å². The lowest BCUT2D eigenvalue weighted by Crippen LogP contribution is -2.33. The van der Waals surface area contributed by atoms with E-state index in [9.17, 15) is 22.8 Å². The van der Waals surface area contributed by atoms with Crippen LogP contribution in [-0.4, -0.2) is 28.5 Å². The van der Waals surface area contributed by atoms with E-state index in [4.69, 9.17) is 9.26 Å². The Bertz CT molecular complexity index is 1070. The van der Waals surface area contributed by atoms with Crippen molar-refractivity contribution in [3.63, 3.8) is 0 Å². The summed E-state index contributed by atoms with van der Waals surface area (Å²) in [7, 11) is 0. The van der Waals surface area contributed by atoms with Crippen molar-refractivity contribution in [2.24, 2.45) is 0 Å². The Kier molecular flexibility index (Phi) is 6.30. The third-order valence-electron chi connectivity index (χ3n) is 3.77. The molecule has 0 fully saturated rings. The number of anilines is 1. The number of carbonyl (C=O) groups excluding carboxylic acids is 2. The lowest BCUT2D eigenvalue weighted by molar-refractivity contribution is -0.115. The number of ether oxygens (including phenoxy) is 1. The van der Waals surface area contributed by atoms with E-state index < -0.39 is 41.5 Å². The minimum absolute atomic E-state index is 0.0869. The molecule has 0 radical (unpaired) electrons. The molecule has 1 aromatic heterocycles. The van der Waals surface area contributed by atoms with Gasteiger partial charge in [-0.3, -0.25) is 9.59 Å². The zero-order valence-corrected chi connectivity index (χ0v) is 15.5. The van der Waals surface area contributed by atoms with E-state index in [0.717, 1.165) is 6.07 Å². The summed E-state index contributed by atoms with van der Waals surface area (Å²) >= 11 is 0. The first kappa shape index (κ1) is 20.8. The molecule has 8 nitrogen and oxygen atoms in total. The highest BCUT2D eigenvalue weighted by Gasteiger charge is 2.16. The van der Waals surface area contributed by atoms with Crippen molar-refractivity contribution in [3.05, 3.63) is 71.1 Å². The molecule has 11 heteroatoms. The summed E-state index contributed by atoms with van der Waals surface area (Å²) in [4.78, 5) is 27.9. The van der Waals surface area contributed by atoms with Crippen LogP contribution in [0.3, 0.4) is 0 Å². The third kappa shape index (κ3) is 5.13. The third-order valence-corrected chi connectivity index (χ3v) is 3.77. The number of hydrogen-bond donors (Lipinski definition) is 2. The van der Waals surface area contributed by atoms with E-state index in [1.54, 1.807) is 19.1 Å². The van der Waals surface area contributed by atoms with Gasteiger partial charge in [-0.1, -0.05) is 5.16 Å². The van der Waals surface area contributed by atoms with Gasteiger partial charge in [-0.05, 0) is 36.4 Å². The highest BCUT2D eigenvalue weighted by molar-refractivity contribution is 5.99. The second-order valence-corrected chi connectivity index (χ2v) is 6.00. The molecular weight excluding hydrogens is 405 g/mol. The van der Waals surface area contributed by atoms with Gasteiger partial charge < -0.3 is 19.9 Å². The molecule has 0 aliphatic carbocycles. The van der Waals surface area contributed by atoms with Crippen molar-refractivity contribution in [2.75, 3.05) is 11.9 Å². The summed E-state index contributed by atoms with van der Waals surface area (Å²) in [6.07, 6.45) is 0. The van der Waals surface area contributed by atoms with Gasteiger partial charge >= 0.3 is 0 Å². The van der Waals surface area contributed by atoms with Gasteiger partial charge in [0.25, 0.3) is 5.91 Å². The average molecular weight is 420 g/mol. The normalized spacial score (nSPS) is 10.5. The molecule has 0 saturated heterocycles. The lowest BCUT2D eigenvalue weighted by atomic mass is 10.2. The largest absolute Gasteiger partial charge is 0.485 e. The summed E-state index contributed by atoms with van der Waals surface area (Å²) in [6, 6.07) is 7.58. The summed E-state index contributed by atoms with van der Waals surface area (Å²) in [5.41, 5.74) is -0.295. The monoisotopic (exact) mass is 420 g/mol. The molecule has 0 aliphatic heterocycles. The van der Waals surface area contributed by atoms with Crippen molar-refractivity contribution in [3.8, 4) is 5.75 Å². The molecule has 1 heterocycles. The first-order valence-electron chi connectivity index (χ1n) is 8.57. The van der Waals surface area contributed by atoms with Crippen LogP contribution in [-0.2, 0) is 11.4 Å². The Balaban J connectivity index is 1.49. The Morgan fingerprint density at radius 3 is 2.47 bits per heavy atom. The van der Waals surface area contributed by atoms with Crippen LogP contribution < -0.4 is 15.4 Å². The number of aromatic nitrogens is 2. The Hall–Kier alpha value is -3.89. The van der Waals surface area contributed by atoms with Crippen LogP contribution in [0.4, 0.5) is 18.9 Å². The highest BCUT2D eigenvalue weighted by Crippen LogP contribution is 2.19. The Morgan fingerprint density at radius 1 is 1.07 bits per heavy atom. The maximum atomic E-state index is 13.6. The minimum atomic E-state index is -1.70. The van der Waals surface area contributed by atoms with E-state index in [2.05, 4.69) is 20.8 Å². The molecule has 30 heavy (non-hydrogen) atoms. The number of nitrogens with zero attached hydrogens (tertiary/aromatic N) is 2. The Morgan fingerprint density at radius 2 is 1.80 bits per heavy atom. The second kappa shape index (κ2) is 9.07. The zero-order valence-electron chi connectivity index (χ0n) is 15.5.